The molecule has 0 amide bonds. The summed E-state index contributed by atoms with van der Waals surface area (Å²) in [6.07, 6.45) is 1.48. The molecule has 2 aromatic carbocycles. The molecule has 0 atom stereocenters. The maximum atomic E-state index is 12.8. The van der Waals surface area contributed by atoms with Crippen molar-refractivity contribution in [3.05, 3.63) is 76.2 Å². The Bertz CT molecular complexity index is 1070. The Morgan fingerprint density at radius 1 is 1.14 bits per heavy atom. The Kier molecular flexibility index (Phi) is 5.90. The Labute approximate surface area is 168 Å². The van der Waals surface area contributed by atoms with Crippen LogP contribution >= 0.6 is 12.2 Å². The SMILES string of the molecule is COc1ccccc1NC(=S)N/N=C/c1c(C)n(C)n(-c2ccccc2)c1=O. The van der Waals surface area contributed by atoms with E-state index in [0.29, 0.717) is 11.3 Å². The monoisotopic (exact) mass is 395 g/mol. The fourth-order valence-electron chi connectivity index (χ4n) is 2.79. The highest BCUT2D eigenvalue weighted by molar-refractivity contribution is 7.80. The summed E-state index contributed by atoms with van der Waals surface area (Å²) in [5.41, 5.74) is 5.37. The second kappa shape index (κ2) is 8.53. The molecule has 0 saturated carbocycles. The van der Waals surface area contributed by atoms with E-state index < -0.39 is 0 Å². The van der Waals surface area contributed by atoms with Gasteiger partial charge in [0, 0.05) is 12.7 Å². The molecule has 0 aliphatic rings. The maximum Gasteiger partial charge on any atom is 0.280 e. The number of para-hydroxylation sites is 3. The average molecular weight is 395 g/mol. The van der Waals surface area contributed by atoms with Gasteiger partial charge in [-0.15, -0.1) is 0 Å². The van der Waals surface area contributed by atoms with Crippen LogP contribution in [-0.4, -0.2) is 27.8 Å². The van der Waals surface area contributed by atoms with Crippen LogP contribution < -0.4 is 21.0 Å². The van der Waals surface area contributed by atoms with E-state index in [1.54, 1.807) is 16.5 Å². The van der Waals surface area contributed by atoms with Crippen LogP contribution in [0.4, 0.5) is 5.69 Å². The predicted molar refractivity (Wildman–Crippen MR) is 116 cm³/mol. The summed E-state index contributed by atoms with van der Waals surface area (Å²) < 4.78 is 8.67. The van der Waals surface area contributed by atoms with Gasteiger partial charge in [0.05, 0.1) is 30.3 Å². The summed E-state index contributed by atoms with van der Waals surface area (Å²) in [5, 5.41) is 7.42. The van der Waals surface area contributed by atoms with Gasteiger partial charge in [0.25, 0.3) is 5.56 Å². The first-order valence-corrected chi connectivity index (χ1v) is 9.01. The molecule has 0 aliphatic carbocycles. The molecule has 0 unspecified atom stereocenters. The van der Waals surface area contributed by atoms with Crippen LogP contribution in [0.1, 0.15) is 11.3 Å². The highest BCUT2D eigenvalue weighted by Gasteiger charge is 2.14. The van der Waals surface area contributed by atoms with Gasteiger partial charge in [0.1, 0.15) is 5.75 Å². The van der Waals surface area contributed by atoms with Crippen LogP contribution in [0, 0.1) is 6.92 Å². The summed E-state index contributed by atoms with van der Waals surface area (Å²) in [4.78, 5) is 12.8. The third-order valence-electron chi connectivity index (χ3n) is 4.31. The largest absolute Gasteiger partial charge is 0.495 e. The number of hydrogen-bond donors (Lipinski definition) is 2. The van der Waals surface area contributed by atoms with Gasteiger partial charge in [-0.25, -0.2) is 4.68 Å². The van der Waals surface area contributed by atoms with Gasteiger partial charge >= 0.3 is 0 Å². The molecule has 1 aromatic heterocycles. The molecule has 7 nitrogen and oxygen atoms in total. The Balaban J connectivity index is 1.76. The fourth-order valence-corrected chi connectivity index (χ4v) is 2.95. The number of benzene rings is 2. The van der Waals surface area contributed by atoms with Crippen molar-refractivity contribution in [2.45, 2.75) is 6.92 Å². The molecular formula is C20H21N5O2S. The molecule has 8 heteroatoms. The zero-order valence-corrected chi connectivity index (χ0v) is 16.7. The summed E-state index contributed by atoms with van der Waals surface area (Å²) in [5.74, 6) is 0.667. The lowest BCUT2D eigenvalue weighted by atomic mass is 10.3. The van der Waals surface area contributed by atoms with E-state index in [9.17, 15) is 4.79 Å². The maximum absolute atomic E-state index is 12.8. The molecule has 0 fully saturated rings. The van der Waals surface area contributed by atoms with E-state index >= 15 is 0 Å². The number of aromatic nitrogens is 2. The van der Waals surface area contributed by atoms with E-state index in [0.717, 1.165) is 17.1 Å². The molecule has 0 aliphatic heterocycles. The number of hydrogen-bond acceptors (Lipinski definition) is 4. The van der Waals surface area contributed by atoms with Crippen LogP contribution in [-0.2, 0) is 7.05 Å². The number of rotatable bonds is 5. The van der Waals surface area contributed by atoms with E-state index in [-0.39, 0.29) is 10.7 Å². The molecule has 144 valence electrons. The summed E-state index contributed by atoms with van der Waals surface area (Å²) in [7, 11) is 3.42. The lowest BCUT2D eigenvalue weighted by Crippen LogP contribution is -2.25. The van der Waals surface area contributed by atoms with Gasteiger partial charge in [-0.3, -0.25) is 14.9 Å². The zero-order valence-electron chi connectivity index (χ0n) is 15.8. The first kappa shape index (κ1) is 19.4. The first-order chi connectivity index (χ1) is 13.5. The van der Waals surface area contributed by atoms with Crippen molar-refractivity contribution in [2.24, 2.45) is 12.1 Å². The number of nitrogens with zero attached hydrogens (tertiary/aromatic N) is 3. The number of anilines is 1. The molecule has 0 saturated heterocycles. The van der Waals surface area contributed by atoms with Gasteiger partial charge in [0.2, 0.25) is 0 Å². The van der Waals surface area contributed by atoms with E-state index in [4.69, 9.17) is 17.0 Å². The minimum atomic E-state index is -0.152. The third-order valence-corrected chi connectivity index (χ3v) is 4.51. The predicted octanol–water partition coefficient (Wildman–Crippen LogP) is 2.81. The van der Waals surface area contributed by atoms with Crippen LogP contribution in [0.25, 0.3) is 5.69 Å². The Hall–Kier alpha value is -3.39. The molecule has 0 spiro atoms. The molecule has 28 heavy (non-hydrogen) atoms. The third kappa shape index (κ3) is 3.96. The van der Waals surface area contributed by atoms with E-state index in [2.05, 4.69) is 15.8 Å². The van der Waals surface area contributed by atoms with Crippen molar-refractivity contribution >= 4 is 29.2 Å². The van der Waals surface area contributed by atoms with Crippen molar-refractivity contribution in [3.8, 4) is 11.4 Å². The van der Waals surface area contributed by atoms with Gasteiger partial charge in [-0.2, -0.15) is 5.10 Å². The van der Waals surface area contributed by atoms with Gasteiger partial charge in [-0.05, 0) is 43.4 Å². The summed E-state index contributed by atoms with van der Waals surface area (Å²) >= 11 is 5.25. The van der Waals surface area contributed by atoms with Crippen LogP contribution in [0.3, 0.4) is 0 Å². The average Bonchev–Trinajstić information content (AvgIpc) is 2.92. The van der Waals surface area contributed by atoms with Gasteiger partial charge in [-0.1, -0.05) is 30.3 Å². The number of methoxy groups -OCH3 is 1. The van der Waals surface area contributed by atoms with Crippen LogP contribution in [0.2, 0.25) is 0 Å². The molecular weight excluding hydrogens is 374 g/mol. The first-order valence-electron chi connectivity index (χ1n) is 8.60. The highest BCUT2D eigenvalue weighted by atomic mass is 32.1. The smallest absolute Gasteiger partial charge is 0.280 e. The number of hydrazone groups is 1. The van der Waals surface area contributed by atoms with Crippen molar-refractivity contribution in [2.75, 3.05) is 12.4 Å². The van der Waals surface area contributed by atoms with Gasteiger partial charge in [0.15, 0.2) is 5.11 Å². The number of ether oxygens (including phenoxy) is 1. The number of thiocarbonyl (C=S) groups is 1. The van der Waals surface area contributed by atoms with Gasteiger partial charge < -0.3 is 10.1 Å². The minimum absolute atomic E-state index is 0.152. The second-order valence-corrected chi connectivity index (χ2v) is 6.41. The Morgan fingerprint density at radius 3 is 2.54 bits per heavy atom. The second-order valence-electron chi connectivity index (χ2n) is 6.00. The van der Waals surface area contributed by atoms with E-state index in [1.807, 2.05) is 68.6 Å². The van der Waals surface area contributed by atoms with Crippen molar-refractivity contribution < 1.29 is 4.74 Å². The summed E-state index contributed by atoms with van der Waals surface area (Å²) in [6, 6.07) is 16.9. The van der Waals surface area contributed by atoms with Crippen molar-refractivity contribution in [1.82, 2.24) is 14.8 Å². The molecule has 2 N–H and O–H groups in total. The standard InChI is InChI=1S/C20H21N5O2S/c1-14-16(19(26)25(24(14)2)15-9-5-4-6-10-15)13-21-23-20(28)22-17-11-7-8-12-18(17)27-3/h4-13H,1-3H3,(H2,22,23,28)/b21-13+. The molecule has 0 bridgehead atoms. The fraction of sp³-hybridized carbons (Fsp3) is 0.150. The normalized spacial score (nSPS) is 10.8. The molecule has 3 aromatic rings. The Morgan fingerprint density at radius 2 is 1.82 bits per heavy atom. The van der Waals surface area contributed by atoms with Crippen LogP contribution in [0.15, 0.2) is 64.5 Å². The zero-order chi connectivity index (χ0) is 20.1. The van der Waals surface area contributed by atoms with Crippen LogP contribution in [0.5, 0.6) is 5.75 Å². The topological polar surface area (TPSA) is 72.6 Å². The lowest BCUT2D eigenvalue weighted by Gasteiger charge is -2.10. The lowest BCUT2D eigenvalue weighted by molar-refractivity contribution is 0.417. The minimum Gasteiger partial charge on any atom is -0.495 e. The quantitative estimate of drug-likeness (QED) is 0.395. The van der Waals surface area contributed by atoms with Crippen molar-refractivity contribution in [1.29, 1.82) is 0 Å². The van der Waals surface area contributed by atoms with E-state index in [1.165, 1.54) is 6.21 Å². The summed E-state index contributed by atoms with van der Waals surface area (Å²) in [6.45, 7) is 1.87. The molecule has 1 heterocycles. The molecule has 0 radical (unpaired) electrons. The molecule has 3 rings (SSSR count). The van der Waals surface area contributed by atoms with Crippen molar-refractivity contribution in [3.63, 3.8) is 0 Å². The number of nitrogens with one attached hydrogen (secondary N) is 2. The highest BCUT2D eigenvalue weighted by Crippen LogP contribution is 2.22.